The minimum atomic E-state index is -3.13. The van der Waals surface area contributed by atoms with Crippen molar-refractivity contribution in [3.8, 4) is 17.2 Å². The average molecular weight is 851 g/mol. The highest BCUT2D eigenvalue weighted by atomic mass is 16.8. The average Bonchev–Trinajstić information content (AvgIpc) is 4.06. The third-order valence-electron chi connectivity index (χ3n) is 14.1. The number of nitrogens with zero attached hydrogens (tertiary/aromatic N) is 2. The SMILES string of the molecule is C[C@@H]1CC[C@@H](c2cc(/C=C/C(=O)N3c4cc(O[C@]5(O)O[C@H](CO)[C@@H](O)[C@H](O)[C@H]5O)c(O)cc4[C@H]4[C@@H]([C@@]5(c6ccccc6)CCC[C@@H]5N)C=C[C@]43C(=O)O)ccc2O)c2[nH]cnc21. The number of aromatic amines is 1. The van der Waals surface area contributed by atoms with Crippen LogP contribution in [0, 0.1) is 5.92 Å². The van der Waals surface area contributed by atoms with Gasteiger partial charge in [-0.1, -0.05) is 61.9 Å². The van der Waals surface area contributed by atoms with E-state index < -0.39 is 89.2 Å². The van der Waals surface area contributed by atoms with Crippen LogP contribution in [0.5, 0.6) is 17.2 Å². The number of carbonyl (C=O) groups excluding carboxylic acids is 1. The second-order valence-corrected chi connectivity index (χ2v) is 17.3. The number of nitrogens with two attached hydrogens (primary N) is 1. The van der Waals surface area contributed by atoms with Crippen molar-refractivity contribution < 1.29 is 59.9 Å². The van der Waals surface area contributed by atoms with Crippen molar-refractivity contribution in [1.82, 2.24) is 9.97 Å². The molecule has 3 heterocycles. The van der Waals surface area contributed by atoms with Crippen molar-refractivity contribution in [3.05, 3.63) is 119 Å². The van der Waals surface area contributed by atoms with Crippen LogP contribution < -0.4 is 15.4 Å². The highest BCUT2D eigenvalue weighted by Gasteiger charge is 2.67. The van der Waals surface area contributed by atoms with E-state index in [2.05, 4.69) is 16.9 Å². The van der Waals surface area contributed by atoms with Crippen LogP contribution in [0.25, 0.3) is 6.08 Å². The van der Waals surface area contributed by atoms with E-state index in [4.69, 9.17) is 15.2 Å². The van der Waals surface area contributed by atoms with Crippen LogP contribution in [-0.4, -0.2) is 111 Å². The lowest BCUT2D eigenvalue weighted by Gasteiger charge is -2.44. The van der Waals surface area contributed by atoms with Gasteiger partial charge in [-0.2, -0.15) is 0 Å². The number of aliphatic carboxylic acids is 1. The van der Waals surface area contributed by atoms with E-state index in [0.29, 0.717) is 24.0 Å². The first kappa shape index (κ1) is 41.7. The van der Waals surface area contributed by atoms with Gasteiger partial charge in [-0.25, -0.2) is 9.78 Å². The molecule has 326 valence electrons. The van der Waals surface area contributed by atoms with E-state index in [1.54, 1.807) is 24.5 Å². The Morgan fingerprint density at radius 1 is 1.02 bits per heavy atom. The first-order chi connectivity index (χ1) is 29.7. The maximum atomic E-state index is 14.9. The normalized spacial score (nSPS) is 34.9. The number of nitrogens with one attached hydrogen (secondary N) is 1. The molecule has 12 atom stereocenters. The quantitative estimate of drug-likeness (QED) is 0.0660. The molecule has 5 aliphatic rings. The fourth-order valence-corrected chi connectivity index (χ4v) is 11.1. The third-order valence-corrected chi connectivity index (χ3v) is 14.1. The van der Waals surface area contributed by atoms with Crippen LogP contribution >= 0.6 is 0 Å². The fourth-order valence-electron chi connectivity index (χ4n) is 11.1. The molecule has 1 saturated carbocycles. The summed E-state index contributed by atoms with van der Waals surface area (Å²) in [5.41, 5.74) is 8.33. The van der Waals surface area contributed by atoms with Crippen LogP contribution in [0.15, 0.2) is 85.2 Å². The first-order valence-electron chi connectivity index (χ1n) is 20.9. The summed E-state index contributed by atoms with van der Waals surface area (Å²) >= 11 is 0. The molecule has 16 nitrogen and oxygen atoms in total. The number of allylic oxidation sites excluding steroid dienone is 1. The van der Waals surface area contributed by atoms with Gasteiger partial charge in [0.1, 0.15) is 24.1 Å². The minimum Gasteiger partial charge on any atom is -0.508 e. The predicted molar refractivity (Wildman–Crippen MR) is 222 cm³/mol. The fraction of sp³-hybridized carbons (Fsp3) is 0.413. The van der Waals surface area contributed by atoms with Crippen molar-refractivity contribution in [2.45, 2.75) is 104 Å². The molecule has 0 unspecified atom stereocenters. The van der Waals surface area contributed by atoms with E-state index in [9.17, 15) is 50.4 Å². The van der Waals surface area contributed by atoms with Crippen LogP contribution in [0.1, 0.15) is 90.4 Å². The number of anilines is 1. The lowest BCUT2D eigenvalue weighted by Crippen LogP contribution is -2.67. The number of carboxylic acid groups (broad SMARTS) is 1. The number of benzene rings is 3. The van der Waals surface area contributed by atoms with Crippen LogP contribution in [0.2, 0.25) is 0 Å². The van der Waals surface area contributed by atoms with Crippen LogP contribution in [-0.2, 0) is 19.7 Å². The largest absolute Gasteiger partial charge is 0.508 e. The van der Waals surface area contributed by atoms with Crippen molar-refractivity contribution in [3.63, 3.8) is 0 Å². The van der Waals surface area contributed by atoms with Gasteiger partial charge in [0.25, 0.3) is 5.91 Å². The third kappa shape index (κ3) is 6.19. The molecule has 62 heavy (non-hydrogen) atoms. The standard InChI is InChI=1S/C46H50N4O12/c1-23-9-12-26(39-38(23)48-22-49-39)27-18-24(10-13-31(27)52)11-14-36(54)50-30-20-33(61-46(60)42(57)41(56)40(55)34(21-51)62-46)32(53)19-28(30)37-29(15-17-45(37,50)43(58)59)44(16-5-8-35(44)47)25-6-3-2-4-7-25/h2-4,6-7,10-11,13-15,17-20,22-23,26,29,34-35,37,40-42,51-53,55-57,60H,5,8-9,12,16,21,47H2,1H3,(H,48,49)(H,58,59)/b14-11+/t23-,26+,29+,34-,35+,37+,40-,41+,42-,44+,45-,46+/m1/s1. The molecule has 2 aliphatic heterocycles. The van der Waals surface area contributed by atoms with Gasteiger partial charge in [0.15, 0.2) is 23.1 Å². The number of H-pyrrole nitrogens is 1. The van der Waals surface area contributed by atoms with E-state index >= 15 is 0 Å². The van der Waals surface area contributed by atoms with Crippen molar-refractivity contribution in [2.75, 3.05) is 11.5 Å². The summed E-state index contributed by atoms with van der Waals surface area (Å²) in [6, 6.07) is 16.5. The predicted octanol–water partition coefficient (Wildman–Crippen LogP) is 2.95. The topological polar surface area (TPSA) is 272 Å². The second kappa shape index (κ2) is 15.3. The Labute approximate surface area is 356 Å². The molecule has 11 N–H and O–H groups in total. The van der Waals surface area contributed by atoms with Gasteiger partial charge < -0.3 is 61.0 Å². The molecular weight excluding hydrogens is 801 g/mol. The van der Waals surface area contributed by atoms with Crippen molar-refractivity contribution in [1.29, 1.82) is 0 Å². The Hall–Kier alpha value is -5.59. The zero-order valence-electron chi connectivity index (χ0n) is 33.8. The number of aliphatic hydroxyl groups excluding tert-OH is 4. The number of carbonyl (C=O) groups is 2. The Kier molecular flexibility index (Phi) is 10.3. The summed E-state index contributed by atoms with van der Waals surface area (Å²) in [6.45, 7) is 1.21. The Morgan fingerprint density at radius 2 is 1.79 bits per heavy atom. The van der Waals surface area contributed by atoms with Crippen molar-refractivity contribution >= 4 is 23.6 Å². The number of hydrogen-bond donors (Lipinski definition) is 10. The maximum Gasteiger partial charge on any atom is 0.355 e. The smallest absolute Gasteiger partial charge is 0.355 e. The highest BCUT2D eigenvalue weighted by molar-refractivity contribution is 6.13. The van der Waals surface area contributed by atoms with Gasteiger partial charge in [0.2, 0.25) is 0 Å². The summed E-state index contributed by atoms with van der Waals surface area (Å²) in [5.74, 6) is -7.96. The lowest BCUT2D eigenvalue weighted by molar-refractivity contribution is -0.422. The Balaban J connectivity index is 1.15. The molecule has 3 aliphatic carbocycles. The molecule has 4 aromatic rings. The Morgan fingerprint density at radius 3 is 2.50 bits per heavy atom. The summed E-state index contributed by atoms with van der Waals surface area (Å²) in [5, 5.41) is 86.9. The van der Waals surface area contributed by atoms with Gasteiger partial charge in [-0.05, 0) is 72.6 Å². The van der Waals surface area contributed by atoms with Crippen LogP contribution in [0.4, 0.5) is 5.69 Å². The molecule has 0 bridgehead atoms. The highest BCUT2D eigenvalue weighted by Crippen LogP contribution is 2.64. The number of aromatic hydroxyl groups is 2. The number of rotatable bonds is 9. The second-order valence-electron chi connectivity index (χ2n) is 17.3. The number of phenols is 2. The van der Waals surface area contributed by atoms with E-state index in [1.165, 1.54) is 24.3 Å². The summed E-state index contributed by atoms with van der Waals surface area (Å²) in [6.07, 6.45) is 3.54. The molecule has 1 aromatic heterocycles. The first-order valence-corrected chi connectivity index (χ1v) is 20.9. The molecule has 9 rings (SSSR count). The van der Waals surface area contributed by atoms with E-state index in [0.717, 1.165) is 47.2 Å². The number of imidazole rings is 1. The maximum absolute atomic E-state index is 14.9. The van der Waals surface area contributed by atoms with Crippen molar-refractivity contribution in [2.24, 2.45) is 11.7 Å². The number of aromatic nitrogens is 2. The van der Waals surface area contributed by atoms with Gasteiger partial charge in [0.05, 0.1) is 24.3 Å². The number of fused-ring (bicyclic) bond motifs is 4. The molecule has 1 amide bonds. The number of ether oxygens (including phenoxy) is 2. The minimum absolute atomic E-state index is 0.00772. The zero-order chi connectivity index (χ0) is 43.9. The molecule has 1 saturated heterocycles. The summed E-state index contributed by atoms with van der Waals surface area (Å²) in [7, 11) is 0. The zero-order valence-corrected chi connectivity index (χ0v) is 33.8. The summed E-state index contributed by atoms with van der Waals surface area (Å²) < 4.78 is 11.0. The number of phenolic OH excluding ortho intramolecular Hbond substituents is 2. The van der Waals surface area contributed by atoms with Gasteiger partial charge >= 0.3 is 11.9 Å². The molecule has 3 aromatic carbocycles. The number of carboxylic acids is 1. The van der Waals surface area contributed by atoms with Crippen LogP contribution in [0.3, 0.4) is 0 Å². The Bertz CT molecular complexity index is 2460. The number of hydrogen-bond acceptors (Lipinski definition) is 13. The summed E-state index contributed by atoms with van der Waals surface area (Å²) in [4.78, 5) is 37.8. The van der Waals surface area contributed by atoms with Gasteiger partial charge in [0, 0.05) is 52.6 Å². The molecule has 16 heteroatoms. The molecule has 0 radical (unpaired) electrons. The van der Waals surface area contributed by atoms with E-state index in [1.807, 2.05) is 36.4 Å². The monoisotopic (exact) mass is 850 g/mol. The molecular formula is C46H50N4O12. The van der Waals surface area contributed by atoms with Gasteiger partial charge in [-0.3, -0.25) is 9.69 Å². The van der Waals surface area contributed by atoms with E-state index in [-0.39, 0.29) is 28.8 Å². The lowest BCUT2D eigenvalue weighted by atomic mass is 9.61. The number of aliphatic hydroxyl groups is 5. The van der Waals surface area contributed by atoms with Gasteiger partial charge in [-0.15, -0.1) is 0 Å². The molecule has 2 fully saturated rings. The number of amides is 1. The molecule has 0 spiro atoms.